The van der Waals surface area contributed by atoms with Gasteiger partial charge in [-0.25, -0.2) is 0 Å². The Morgan fingerprint density at radius 1 is 1.39 bits per heavy atom. The van der Waals surface area contributed by atoms with Crippen LogP contribution in [0.2, 0.25) is 5.02 Å². The van der Waals surface area contributed by atoms with E-state index in [0.29, 0.717) is 5.02 Å². The Balaban J connectivity index is 2.28. The molecule has 0 saturated carbocycles. The van der Waals surface area contributed by atoms with Crippen molar-refractivity contribution in [3.8, 4) is 0 Å². The quantitative estimate of drug-likeness (QED) is 0.887. The summed E-state index contributed by atoms with van der Waals surface area (Å²) in [5.74, 6) is -0.219. The van der Waals surface area contributed by atoms with Crippen LogP contribution in [0.15, 0.2) is 24.3 Å². The van der Waals surface area contributed by atoms with Gasteiger partial charge in [0.15, 0.2) is 0 Å². The first-order valence-corrected chi connectivity index (χ1v) is 6.22. The lowest BCUT2D eigenvalue weighted by atomic mass is 10.0. The third-order valence-corrected chi connectivity index (χ3v) is 3.51. The summed E-state index contributed by atoms with van der Waals surface area (Å²) in [6, 6.07) is 6.68. The van der Waals surface area contributed by atoms with Crippen LogP contribution in [0.4, 0.5) is 0 Å². The number of hydrogen-bond acceptors (Lipinski definition) is 2. The Hall–Kier alpha value is -1.55. The molecule has 2 rings (SSSR count). The van der Waals surface area contributed by atoms with Crippen LogP contribution in [0.3, 0.4) is 0 Å². The SMILES string of the molecule is CC1NC(=O)CN(C(C)c2ccccc2Cl)C1=O. The first-order chi connectivity index (χ1) is 8.50. The molecule has 1 saturated heterocycles. The molecule has 1 aliphatic rings. The number of carbonyl (C=O) groups excluding carboxylic acids is 2. The highest BCUT2D eigenvalue weighted by molar-refractivity contribution is 6.31. The normalized spacial score (nSPS) is 21.7. The topological polar surface area (TPSA) is 49.4 Å². The average molecular weight is 267 g/mol. The van der Waals surface area contributed by atoms with Gasteiger partial charge in [-0.3, -0.25) is 9.59 Å². The molecule has 96 valence electrons. The highest BCUT2D eigenvalue weighted by atomic mass is 35.5. The number of carbonyl (C=O) groups is 2. The minimum absolute atomic E-state index is 0.0789. The van der Waals surface area contributed by atoms with Crippen LogP contribution in [-0.2, 0) is 9.59 Å². The zero-order chi connectivity index (χ0) is 13.3. The molecule has 5 heteroatoms. The lowest BCUT2D eigenvalue weighted by Crippen LogP contribution is -2.57. The van der Waals surface area contributed by atoms with Crippen molar-refractivity contribution in [1.29, 1.82) is 0 Å². The van der Waals surface area contributed by atoms with Crippen LogP contribution in [-0.4, -0.2) is 29.3 Å². The van der Waals surface area contributed by atoms with Crippen molar-refractivity contribution in [2.45, 2.75) is 25.9 Å². The number of amides is 2. The Bertz CT molecular complexity index is 490. The molecule has 0 aromatic heterocycles. The summed E-state index contributed by atoms with van der Waals surface area (Å²) in [5, 5.41) is 3.22. The zero-order valence-corrected chi connectivity index (χ0v) is 11.1. The summed E-state index contributed by atoms with van der Waals surface area (Å²) in [7, 11) is 0. The Morgan fingerprint density at radius 2 is 2.06 bits per heavy atom. The van der Waals surface area contributed by atoms with E-state index < -0.39 is 6.04 Å². The molecule has 18 heavy (non-hydrogen) atoms. The number of nitrogens with one attached hydrogen (secondary N) is 1. The molecule has 0 radical (unpaired) electrons. The predicted molar refractivity (Wildman–Crippen MR) is 69.2 cm³/mol. The molecule has 1 heterocycles. The molecule has 1 aromatic rings. The fourth-order valence-electron chi connectivity index (χ4n) is 2.14. The summed E-state index contributed by atoms with van der Waals surface area (Å²) in [4.78, 5) is 25.1. The summed E-state index contributed by atoms with van der Waals surface area (Å²) < 4.78 is 0. The van der Waals surface area contributed by atoms with Gasteiger partial charge in [0.1, 0.15) is 12.6 Å². The van der Waals surface area contributed by atoms with Crippen molar-refractivity contribution in [1.82, 2.24) is 10.2 Å². The van der Waals surface area contributed by atoms with Crippen LogP contribution in [0.25, 0.3) is 0 Å². The molecule has 1 aliphatic heterocycles. The molecular weight excluding hydrogens is 252 g/mol. The second kappa shape index (κ2) is 4.98. The number of halogens is 1. The maximum atomic E-state index is 12.1. The van der Waals surface area contributed by atoms with E-state index >= 15 is 0 Å². The van der Waals surface area contributed by atoms with Crippen LogP contribution in [0.5, 0.6) is 0 Å². The predicted octanol–water partition coefficient (Wildman–Crippen LogP) is 1.75. The van der Waals surface area contributed by atoms with Crippen molar-refractivity contribution < 1.29 is 9.59 Å². The van der Waals surface area contributed by atoms with Gasteiger partial charge in [0.25, 0.3) is 0 Å². The largest absolute Gasteiger partial charge is 0.343 e. The molecule has 2 atom stereocenters. The van der Waals surface area contributed by atoms with Crippen molar-refractivity contribution >= 4 is 23.4 Å². The maximum absolute atomic E-state index is 12.1. The molecule has 1 N–H and O–H groups in total. The lowest BCUT2D eigenvalue weighted by molar-refractivity contribution is -0.145. The molecule has 1 fully saturated rings. The molecule has 2 amide bonds. The summed E-state index contributed by atoms with van der Waals surface area (Å²) in [6.07, 6.45) is 0. The average Bonchev–Trinajstić information content (AvgIpc) is 2.33. The number of hydrogen-bond donors (Lipinski definition) is 1. The smallest absolute Gasteiger partial charge is 0.245 e. The van der Waals surface area contributed by atoms with Crippen molar-refractivity contribution in [2.75, 3.05) is 6.54 Å². The minimum atomic E-state index is -0.476. The van der Waals surface area contributed by atoms with Gasteiger partial charge in [-0.15, -0.1) is 0 Å². The van der Waals surface area contributed by atoms with E-state index in [-0.39, 0.29) is 24.4 Å². The van der Waals surface area contributed by atoms with Crippen LogP contribution in [0.1, 0.15) is 25.5 Å². The highest BCUT2D eigenvalue weighted by Gasteiger charge is 2.33. The Labute approximate surface area is 111 Å². The van der Waals surface area contributed by atoms with Crippen LogP contribution >= 0.6 is 11.6 Å². The van der Waals surface area contributed by atoms with Gasteiger partial charge in [0.2, 0.25) is 11.8 Å². The van der Waals surface area contributed by atoms with Crippen molar-refractivity contribution in [2.24, 2.45) is 0 Å². The van der Waals surface area contributed by atoms with E-state index in [1.54, 1.807) is 17.9 Å². The van der Waals surface area contributed by atoms with Gasteiger partial charge in [-0.2, -0.15) is 0 Å². The van der Waals surface area contributed by atoms with Crippen molar-refractivity contribution in [3.05, 3.63) is 34.9 Å². The second-order valence-corrected chi connectivity index (χ2v) is 4.86. The van der Waals surface area contributed by atoms with E-state index in [0.717, 1.165) is 5.56 Å². The Kier molecular flexibility index (Phi) is 3.57. The Morgan fingerprint density at radius 3 is 2.72 bits per heavy atom. The molecular formula is C13H15ClN2O2. The van der Waals surface area contributed by atoms with Gasteiger partial charge in [-0.05, 0) is 25.5 Å². The first-order valence-electron chi connectivity index (χ1n) is 5.85. The van der Waals surface area contributed by atoms with Gasteiger partial charge in [0.05, 0.1) is 6.04 Å². The lowest BCUT2D eigenvalue weighted by Gasteiger charge is -2.35. The fraction of sp³-hybridized carbons (Fsp3) is 0.385. The van der Waals surface area contributed by atoms with Crippen LogP contribution < -0.4 is 5.32 Å². The van der Waals surface area contributed by atoms with Crippen molar-refractivity contribution in [3.63, 3.8) is 0 Å². The van der Waals surface area contributed by atoms with E-state index in [1.807, 2.05) is 25.1 Å². The first kappa shape index (κ1) is 12.9. The standard InChI is InChI=1S/C13H15ClN2O2/c1-8-13(18)16(7-12(17)15-8)9(2)10-5-3-4-6-11(10)14/h3-6,8-9H,7H2,1-2H3,(H,15,17). The van der Waals surface area contributed by atoms with Gasteiger partial charge < -0.3 is 10.2 Å². The van der Waals surface area contributed by atoms with Gasteiger partial charge in [-0.1, -0.05) is 29.8 Å². The molecule has 2 unspecified atom stereocenters. The molecule has 0 bridgehead atoms. The second-order valence-electron chi connectivity index (χ2n) is 4.45. The number of rotatable bonds is 2. The minimum Gasteiger partial charge on any atom is -0.343 e. The van der Waals surface area contributed by atoms with E-state index in [1.165, 1.54) is 0 Å². The number of benzene rings is 1. The summed E-state index contributed by atoms with van der Waals surface area (Å²) in [5.41, 5.74) is 0.856. The summed E-state index contributed by atoms with van der Waals surface area (Å²) in [6.45, 7) is 3.64. The monoisotopic (exact) mass is 266 g/mol. The number of nitrogens with zero attached hydrogens (tertiary/aromatic N) is 1. The van der Waals surface area contributed by atoms with Gasteiger partial charge in [0, 0.05) is 5.02 Å². The number of piperazine rings is 1. The van der Waals surface area contributed by atoms with E-state index in [4.69, 9.17) is 11.6 Å². The molecule has 0 spiro atoms. The molecule has 4 nitrogen and oxygen atoms in total. The third-order valence-electron chi connectivity index (χ3n) is 3.17. The van der Waals surface area contributed by atoms with E-state index in [9.17, 15) is 9.59 Å². The summed E-state index contributed by atoms with van der Waals surface area (Å²) >= 11 is 6.12. The third kappa shape index (κ3) is 2.34. The fourth-order valence-corrected chi connectivity index (χ4v) is 2.43. The van der Waals surface area contributed by atoms with Crippen LogP contribution in [0, 0.1) is 0 Å². The molecule has 1 aromatic carbocycles. The van der Waals surface area contributed by atoms with E-state index in [2.05, 4.69) is 5.32 Å². The molecule has 0 aliphatic carbocycles. The zero-order valence-electron chi connectivity index (χ0n) is 10.3. The maximum Gasteiger partial charge on any atom is 0.245 e. The highest BCUT2D eigenvalue weighted by Crippen LogP contribution is 2.28. The van der Waals surface area contributed by atoms with Gasteiger partial charge >= 0.3 is 0 Å².